The molecule has 0 saturated heterocycles. The lowest BCUT2D eigenvalue weighted by Gasteiger charge is -2.12. The van der Waals surface area contributed by atoms with E-state index in [9.17, 15) is 4.39 Å². The molecule has 1 aromatic carbocycles. The van der Waals surface area contributed by atoms with Gasteiger partial charge in [-0.2, -0.15) is 10.4 Å². The van der Waals surface area contributed by atoms with Gasteiger partial charge >= 0.3 is 0 Å². The van der Waals surface area contributed by atoms with Crippen LogP contribution in [0.4, 0.5) is 10.1 Å². The van der Waals surface area contributed by atoms with Crippen LogP contribution in [0.25, 0.3) is 0 Å². The second-order valence-electron chi connectivity index (χ2n) is 4.89. The normalized spacial score (nSPS) is 10.6. The molecule has 1 aromatic heterocycles. The molecule has 0 fully saturated rings. The highest BCUT2D eigenvalue weighted by molar-refractivity contribution is 5.57. The molecule has 21 heavy (non-hydrogen) atoms. The lowest BCUT2D eigenvalue weighted by atomic mass is 10.2. The van der Waals surface area contributed by atoms with Gasteiger partial charge in [0, 0.05) is 6.20 Å². The molecule has 5 heteroatoms. The van der Waals surface area contributed by atoms with Gasteiger partial charge in [0.05, 0.1) is 24.0 Å². The monoisotopic (exact) mass is 286 g/mol. The average molecular weight is 286 g/mol. The van der Waals surface area contributed by atoms with E-state index in [1.807, 2.05) is 23.0 Å². The highest BCUT2D eigenvalue weighted by atomic mass is 19.1. The van der Waals surface area contributed by atoms with E-state index in [2.05, 4.69) is 24.3 Å². The Balaban J connectivity index is 2.08. The highest BCUT2D eigenvalue weighted by Gasteiger charge is 2.10. The Morgan fingerprint density at radius 3 is 2.76 bits per heavy atom. The van der Waals surface area contributed by atoms with Crippen LogP contribution in [0.5, 0.6) is 0 Å². The first-order valence-corrected chi connectivity index (χ1v) is 7.16. The molecule has 0 aliphatic rings. The largest absolute Gasteiger partial charge is 0.378 e. The second kappa shape index (κ2) is 6.89. The Morgan fingerprint density at radius 1 is 1.33 bits per heavy atom. The summed E-state index contributed by atoms with van der Waals surface area (Å²) in [5, 5.41) is 16.6. The third-order valence-corrected chi connectivity index (χ3v) is 3.57. The first-order chi connectivity index (χ1) is 10.2. The third kappa shape index (κ3) is 3.40. The smallest absolute Gasteiger partial charge is 0.143 e. The molecule has 0 atom stereocenters. The molecule has 0 saturated carbocycles. The van der Waals surface area contributed by atoms with E-state index < -0.39 is 5.82 Å². The summed E-state index contributed by atoms with van der Waals surface area (Å²) in [4.78, 5) is 0. The topological polar surface area (TPSA) is 53.6 Å². The van der Waals surface area contributed by atoms with Crippen molar-refractivity contribution >= 4 is 5.69 Å². The van der Waals surface area contributed by atoms with Crippen LogP contribution in [-0.4, -0.2) is 9.78 Å². The van der Waals surface area contributed by atoms with Crippen LogP contribution in [0.2, 0.25) is 0 Å². The first-order valence-electron chi connectivity index (χ1n) is 7.16. The number of rotatable bonds is 6. The number of anilines is 1. The summed E-state index contributed by atoms with van der Waals surface area (Å²) in [6.45, 7) is 4.74. The zero-order chi connectivity index (χ0) is 15.2. The molecule has 0 aliphatic carbocycles. The Labute approximate surface area is 124 Å². The summed E-state index contributed by atoms with van der Waals surface area (Å²) in [5.74, 6) is -0.509. The molecule has 0 aliphatic heterocycles. The Bertz CT molecular complexity index is 638. The molecule has 0 bridgehead atoms. The molecule has 1 N–H and O–H groups in total. The minimum absolute atomic E-state index is 0.0388. The molecule has 2 aromatic rings. The summed E-state index contributed by atoms with van der Waals surface area (Å²) in [6.07, 6.45) is 4.03. The molecule has 2 rings (SSSR count). The number of hydrogen-bond acceptors (Lipinski definition) is 3. The molecule has 1 heterocycles. The quantitative estimate of drug-likeness (QED) is 0.877. The standard InChI is InChI=1S/C16H19FN4/c1-3-13(4-2)21-9-8-12(20-21)11-19-16-7-5-6-15(17)14(16)10-18/h5-9,13,19H,3-4,11H2,1-2H3. The van der Waals surface area contributed by atoms with Crippen molar-refractivity contribution in [1.82, 2.24) is 9.78 Å². The maximum atomic E-state index is 13.5. The van der Waals surface area contributed by atoms with Crippen molar-refractivity contribution in [3.05, 3.63) is 47.5 Å². The Hall–Kier alpha value is -2.35. The maximum absolute atomic E-state index is 13.5. The molecule has 0 amide bonds. The van der Waals surface area contributed by atoms with Crippen LogP contribution >= 0.6 is 0 Å². The Kier molecular flexibility index (Phi) is 4.94. The summed E-state index contributed by atoms with van der Waals surface area (Å²) < 4.78 is 15.5. The van der Waals surface area contributed by atoms with E-state index in [0.717, 1.165) is 18.5 Å². The van der Waals surface area contributed by atoms with Crippen LogP contribution in [0.1, 0.15) is 44.0 Å². The van der Waals surface area contributed by atoms with E-state index in [-0.39, 0.29) is 5.56 Å². The number of aromatic nitrogens is 2. The number of hydrogen-bond donors (Lipinski definition) is 1. The van der Waals surface area contributed by atoms with E-state index in [1.165, 1.54) is 6.07 Å². The molecular formula is C16H19FN4. The average Bonchev–Trinajstić information content (AvgIpc) is 2.95. The van der Waals surface area contributed by atoms with Gasteiger partial charge in [0.1, 0.15) is 17.4 Å². The van der Waals surface area contributed by atoms with Gasteiger partial charge in [-0.05, 0) is 31.0 Å². The first kappa shape index (κ1) is 15.0. The fourth-order valence-electron chi connectivity index (χ4n) is 2.31. The number of nitrogens with one attached hydrogen (secondary N) is 1. The fraction of sp³-hybridized carbons (Fsp3) is 0.375. The Morgan fingerprint density at radius 2 is 2.10 bits per heavy atom. The van der Waals surface area contributed by atoms with Gasteiger partial charge in [0.2, 0.25) is 0 Å². The van der Waals surface area contributed by atoms with Crippen molar-refractivity contribution in [3.63, 3.8) is 0 Å². The predicted octanol–water partition coefficient (Wildman–Crippen LogP) is 3.87. The predicted molar refractivity (Wildman–Crippen MR) is 80.3 cm³/mol. The van der Waals surface area contributed by atoms with Gasteiger partial charge in [-0.25, -0.2) is 4.39 Å². The van der Waals surface area contributed by atoms with Crippen molar-refractivity contribution in [2.24, 2.45) is 0 Å². The summed E-state index contributed by atoms with van der Waals surface area (Å²) in [7, 11) is 0. The molecule has 0 spiro atoms. The minimum Gasteiger partial charge on any atom is -0.378 e. The van der Waals surface area contributed by atoms with Crippen molar-refractivity contribution in [2.75, 3.05) is 5.32 Å². The van der Waals surface area contributed by atoms with Crippen molar-refractivity contribution in [1.29, 1.82) is 5.26 Å². The van der Waals surface area contributed by atoms with Crippen molar-refractivity contribution < 1.29 is 4.39 Å². The highest BCUT2D eigenvalue weighted by Crippen LogP contribution is 2.19. The summed E-state index contributed by atoms with van der Waals surface area (Å²) in [5.41, 5.74) is 1.40. The van der Waals surface area contributed by atoms with Gasteiger partial charge in [-0.3, -0.25) is 4.68 Å². The van der Waals surface area contributed by atoms with Gasteiger partial charge in [0.25, 0.3) is 0 Å². The fourth-order valence-corrected chi connectivity index (χ4v) is 2.31. The molecule has 4 nitrogen and oxygen atoms in total. The van der Waals surface area contributed by atoms with E-state index in [4.69, 9.17) is 5.26 Å². The van der Waals surface area contributed by atoms with Crippen LogP contribution in [0, 0.1) is 17.1 Å². The molecule has 0 unspecified atom stereocenters. The number of halogens is 1. The van der Waals surface area contributed by atoms with E-state index >= 15 is 0 Å². The van der Waals surface area contributed by atoms with Gasteiger partial charge < -0.3 is 5.32 Å². The van der Waals surface area contributed by atoms with E-state index in [1.54, 1.807) is 12.1 Å². The number of nitrogens with zero attached hydrogens (tertiary/aromatic N) is 3. The lowest BCUT2D eigenvalue weighted by Crippen LogP contribution is -2.09. The lowest BCUT2D eigenvalue weighted by molar-refractivity contribution is 0.426. The van der Waals surface area contributed by atoms with Crippen LogP contribution in [-0.2, 0) is 6.54 Å². The van der Waals surface area contributed by atoms with Crippen LogP contribution in [0.3, 0.4) is 0 Å². The minimum atomic E-state index is -0.509. The summed E-state index contributed by atoms with van der Waals surface area (Å²) in [6, 6.07) is 8.79. The second-order valence-corrected chi connectivity index (χ2v) is 4.89. The van der Waals surface area contributed by atoms with Crippen molar-refractivity contribution in [3.8, 4) is 6.07 Å². The van der Waals surface area contributed by atoms with Gasteiger partial charge in [-0.15, -0.1) is 0 Å². The maximum Gasteiger partial charge on any atom is 0.143 e. The van der Waals surface area contributed by atoms with Gasteiger partial charge in [-0.1, -0.05) is 19.9 Å². The van der Waals surface area contributed by atoms with Crippen LogP contribution in [0.15, 0.2) is 30.5 Å². The number of benzene rings is 1. The molecule has 110 valence electrons. The zero-order valence-corrected chi connectivity index (χ0v) is 12.3. The van der Waals surface area contributed by atoms with Crippen molar-refractivity contribution in [2.45, 2.75) is 39.3 Å². The third-order valence-electron chi connectivity index (χ3n) is 3.57. The molecule has 0 radical (unpaired) electrons. The SMILES string of the molecule is CCC(CC)n1ccc(CNc2cccc(F)c2C#N)n1. The zero-order valence-electron chi connectivity index (χ0n) is 12.3. The van der Waals surface area contributed by atoms with E-state index in [0.29, 0.717) is 18.3 Å². The molecular weight excluding hydrogens is 267 g/mol. The van der Waals surface area contributed by atoms with Crippen LogP contribution < -0.4 is 5.32 Å². The summed E-state index contributed by atoms with van der Waals surface area (Å²) >= 11 is 0. The van der Waals surface area contributed by atoms with Gasteiger partial charge in [0.15, 0.2) is 0 Å². The number of nitriles is 1.